The van der Waals surface area contributed by atoms with Crippen LogP contribution in [0.3, 0.4) is 0 Å². The molecule has 1 aliphatic heterocycles. The number of thiophene rings is 1. The third-order valence-electron chi connectivity index (χ3n) is 8.35. The summed E-state index contributed by atoms with van der Waals surface area (Å²) in [5.41, 5.74) is 0.0320. The lowest BCUT2D eigenvalue weighted by Crippen LogP contribution is -2.56. The van der Waals surface area contributed by atoms with Gasteiger partial charge in [-0.25, -0.2) is 9.59 Å². The molecule has 43 heavy (non-hydrogen) atoms. The summed E-state index contributed by atoms with van der Waals surface area (Å²) in [7, 11) is 1.35. The summed E-state index contributed by atoms with van der Waals surface area (Å²) in [5, 5.41) is 8.09. The van der Waals surface area contributed by atoms with E-state index in [-0.39, 0.29) is 17.9 Å². The third-order valence-corrected chi connectivity index (χ3v) is 9.25. The number of carbonyl (C=O) groups excluding carboxylic acids is 4. The monoisotopic (exact) mass is 611 g/mol. The van der Waals surface area contributed by atoms with Gasteiger partial charge in [0.1, 0.15) is 11.6 Å². The van der Waals surface area contributed by atoms with Gasteiger partial charge in [0.25, 0.3) is 0 Å². The van der Waals surface area contributed by atoms with Gasteiger partial charge >= 0.3 is 12.1 Å². The number of piperidine rings is 1. The summed E-state index contributed by atoms with van der Waals surface area (Å²) in [6.07, 6.45) is 6.64. The average Bonchev–Trinajstić information content (AvgIpc) is 3.49. The van der Waals surface area contributed by atoms with Crippen LogP contribution < -0.4 is 10.6 Å². The van der Waals surface area contributed by atoms with E-state index < -0.39 is 29.1 Å². The molecule has 1 aliphatic carbocycles. The first-order chi connectivity index (χ1) is 20.5. The zero-order valence-electron chi connectivity index (χ0n) is 25.8. The molecular weight excluding hydrogens is 566 g/mol. The summed E-state index contributed by atoms with van der Waals surface area (Å²) in [4.78, 5) is 55.1. The normalized spacial score (nSPS) is 17.9. The van der Waals surface area contributed by atoms with Crippen LogP contribution in [0.1, 0.15) is 86.5 Å². The van der Waals surface area contributed by atoms with Crippen molar-refractivity contribution in [3.8, 4) is 0 Å². The maximum absolute atomic E-state index is 14.0. The van der Waals surface area contributed by atoms with E-state index in [0.29, 0.717) is 44.3 Å². The van der Waals surface area contributed by atoms with Gasteiger partial charge in [0.05, 0.1) is 18.1 Å². The van der Waals surface area contributed by atoms with E-state index in [1.165, 1.54) is 24.9 Å². The molecule has 0 spiro atoms. The largest absolute Gasteiger partial charge is 0.465 e. The van der Waals surface area contributed by atoms with E-state index in [4.69, 9.17) is 9.47 Å². The predicted octanol–water partition coefficient (Wildman–Crippen LogP) is 5.27. The van der Waals surface area contributed by atoms with Crippen molar-refractivity contribution in [2.45, 2.75) is 96.2 Å². The Morgan fingerprint density at radius 2 is 1.70 bits per heavy atom. The molecule has 10 heteroatoms. The first-order valence-corrected chi connectivity index (χ1v) is 16.1. The number of hydrogen-bond acceptors (Lipinski definition) is 7. The van der Waals surface area contributed by atoms with Crippen LogP contribution in [0, 0.1) is 5.41 Å². The lowest BCUT2D eigenvalue weighted by molar-refractivity contribution is -0.142. The van der Waals surface area contributed by atoms with Crippen LogP contribution in [0.5, 0.6) is 0 Å². The first kappa shape index (κ1) is 32.5. The lowest BCUT2D eigenvalue weighted by Gasteiger charge is -2.42. The Hall–Kier alpha value is -3.40. The number of hydrogen-bond donors (Lipinski definition) is 2. The average molecular weight is 612 g/mol. The van der Waals surface area contributed by atoms with Gasteiger partial charge in [0, 0.05) is 30.4 Å². The number of esters is 1. The minimum Gasteiger partial charge on any atom is -0.465 e. The SMILES string of the molecule is COC(=O)c1ccc(CC2(C(=O)NC3CCCCC3)CCN(C(=O)[C@H](Cc3cccs3)NC(=O)OC(C)(C)C)CC2)cc1. The van der Waals surface area contributed by atoms with Crippen molar-refractivity contribution in [3.05, 3.63) is 57.8 Å². The third kappa shape index (κ3) is 9.05. The Morgan fingerprint density at radius 3 is 2.28 bits per heavy atom. The van der Waals surface area contributed by atoms with Crippen LogP contribution in [-0.4, -0.2) is 66.7 Å². The number of nitrogens with one attached hydrogen (secondary N) is 2. The standard InChI is InChI=1S/C33H45N3O6S/c1-32(2,3)42-31(40)35-27(21-26-11-8-20-43-26)28(37)36-18-16-33(17-19-36,30(39)34-25-9-6-5-7-10-25)22-23-12-14-24(15-13-23)29(38)41-4/h8,11-15,20,25,27H,5-7,9-10,16-19,21-22H2,1-4H3,(H,34,39)(H,35,40)/t27-/m0/s1. The highest BCUT2D eigenvalue weighted by Gasteiger charge is 2.44. The van der Waals surface area contributed by atoms with Crippen molar-refractivity contribution in [2.24, 2.45) is 5.41 Å². The second-order valence-electron chi connectivity index (χ2n) is 12.8. The maximum Gasteiger partial charge on any atom is 0.408 e. The molecule has 2 fully saturated rings. The predicted molar refractivity (Wildman–Crippen MR) is 166 cm³/mol. The van der Waals surface area contributed by atoms with Gasteiger partial charge < -0.3 is 25.0 Å². The van der Waals surface area contributed by atoms with Gasteiger partial charge in [-0.05, 0) is 82.0 Å². The topological polar surface area (TPSA) is 114 Å². The molecule has 2 N–H and O–H groups in total. The molecule has 2 heterocycles. The van der Waals surface area contributed by atoms with Crippen LogP contribution in [0.15, 0.2) is 41.8 Å². The Labute approximate surface area is 258 Å². The zero-order chi connectivity index (χ0) is 31.0. The molecule has 1 atom stereocenters. The summed E-state index contributed by atoms with van der Waals surface area (Å²) in [5.74, 6) is -0.547. The van der Waals surface area contributed by atoms with E-state index in [1.807, 2.05) is 29.6 Å². The second-order valence-corrected chi connectivity index (χ2v) is 13.8. The first-order valence-electron chi connectivity index (χ1n) is 15.3. The molecule has 1 aromatic heterocycles. The maximum atomic E-state index is 14.0. The van der Waals surface area contributed by atoms with E-state index >= 15 is 0 Å². The molecular formula is C33H45N3O6S. The number of benzene rings is 1. The van der Waals surface area contributed by atoms with Crippen LogP contribution in [-0.2, 0) is 31.9 Å². The summed E-state index contributed by atoms with van der Waals surface area (Å²) < 4.78 is 10.3. The fourth-order valence-corrected chi connectivity index (χ4v) is 6.74. The summed E-state index contributed by atoms with van der Waals surface area (Å²) >= 11 is 1.54. The smallest absolute Gasteiger partial charge is 0.408 e. The quantitative estimate of drug-likeness (QED) is 0.374. The zero-order valence-corrected chi connectivity index (χ0v) is 26.6. The molecule has 0 bridgehead atoms. The molecule has 3 amide bonds. The van der Waals surface area contributed by atoms with Crippen molar-refractivity contribution in [3.63, 3.8) is 0 Å². The number of alkyl carbamates (subject to hydrolysis) is 1. The lowest BCUT2D eigenvalue weighted by atomic mass is 9.72. The number of nitrogens with zero attached hydrogens (tertiary/aromatic N) is 1. The number of carbonyl (C=O) groups is 4. The van der Waals surface area contributed by atoms with Crippen LogP contribution in [0.2, 0.25) is 0 Å². The highest BCUT2D eigenvalue weighted by Crippen LogP contribution is 2.37. The highest BCUT2D eigenvalue weighted by atomic mass is 32.1. The Balaban J connectivity index is 1.50. The Kier molecular flexibility index (Phi) is 10.9. The van der Waals surface area contributed by atoms with E-state index in [1.54, 1.807) is 37.8 Å². The Bertz CT molecular complexity index is 1240. The molecule has 9 nitrogen and oxygen atoms in total. The number of methoxy groups -OCH3 is 1. The van der Waals surface area contributed by atoms with Crippen LogP contribution in [0.4, 0.5) is 4.79 Å². The molecule has 234 valence electrons. The minimum atomic E-state index is -0.775. The highest BCUT2D eigenvalue weighted by molar-refractivity contribution is 7.09. The summed E-state index contributed by atoms with van der Waals surface area (Å²) in [6, 6.07) is 10.5. The minimum absolute atomic E-state index is 0.0329. The Morgan fingerprint density at radius 1 is 1.02 bits per heavy atom. The fourth-order valence-electron chi connectivity index (χ4n) is 5.99. The molecule has 1 saturated heterocycles. The molecule has 1 aromatic carbocycles. The second kappa shape index (κ2) is 14.4. The fraction of sp³-hybridized carbons (Fsp3) is 0.576. The van der Waals surface area contributed by atoms with Gasteiger partial charge in [-0.3, -0.25) is 9.59 Å². The molecule has 1 saturated carbocycles. The van der Waals surface area contributed by atoms with E-state index in [2.05, 4.69) is 10.6 Å². The van der Waals surface area contributed by atoms with Crippen molar-refractivity contribution >= 4 is 35.2 Å². The van der Waals surface area contributed by atoms with Crippen LogP contribution in [0.25, 0.3) is 0 Å². The van der Waals surface area contributed by atoms with Gasteiger partial charge in [-0.2, -0.15) is 0 Å². The van der Waals surface area contributed by atoms with Crippen molar-refractivity contribution < 1.29 is 28.7 Å². The van der Waals surface area contributed by atoms with Crippen molar-refractivity contribution in [1.29, 1.82) is 0 Å². The number of likely N-dealkylation sites (tertiary alicyclic amines) is 1. The van der Waals surface area contributed by atoms with E-state index in [9.17, 15) is 19.2 Å². The molecule has 0 radical (unpaired) electrons. The van der Waals surface area contributed by atoms with Gasteiger partial charge in [0.15, 0.2) is 0 Å². The molecule has 2 aliphatic rings. The van der Waals surface area contributed by atoms with Gasteiger partial charge in [0.2, 0.25) is 11.8 Å². The summed E-state index contributed by atoms with van der Waals surface area (Å²) in [6.45, 7) is 6.15. The van der Waals surface area contributed by atoms with Gasteiger partial charge in [-0.1, -0.05) is 37.5 Å². The van der Waals surface area contributed by atoms with Gasteiger partial charge in [-0.15, -0.1) is 11.3 Å². The van der Waals surface area contributed by atoms with Crippen molar-refractivity contribution in [1.82, 2.24) is 15.5 Å². The molecule has 2 aromatic rings. The van der Waals surface area contributed by atoms with E-state index in [0.717, 1.165) is 36.1 Å². The van der Waals surface area contributed by atoms with Crippen LogP contribution >= 0.6 is 11.3 Å². The number of ether oxygens (including phenoxy) is 2. The number of amides is 3. The van der Waals surface area contributed by atoms with Crippen molar-refractivity contribution in [2.75, 3.05) is 20.2 Å². The molecule has 4 rings (SSSR count). The number of rotatable bonds is 9. The molecule has 0 unspecified atom stereocenters.